The van der Waals surface area contributed by atoms with Crippen LogP contribution in [-0.4, -0.2) is 21.5 Å². The summed E-state index contributed by atoms with van der Waals surface area (Å²) < 4.78 is 1.96. The molecule has 1 aromatic heterocycles. The Labute approximate surface area is 84.7 Å². The Morgan fingerprint density at radius 2 is 2.29 bits per heavy atom. The van der Waals surface area contributed by atoms with Gasteiger partial charge in [0.15, 0.2) is 0 Å². The molecule has 14 heavy (non-hydrogen) atoms. The molecule has 1 N–H and O–H groups in total. The van der Waals surface area contributed by atoms with Crippen molar-refractivity contribution in [2.75, 3.05) is 6.61 Å². The predicted octanol–water partition coefficient (Wildman–Crippen LogP) is 1.88. The van der Waals surface area contributed by atoms with E-state index in [0.717, 1.165) is 12.8 Å². The molecule has 3 heteroatoms. The Morgan fingerprint density at radius 1 is 1.57 bits per heavy atom. The Bertz CT molecular complexity index is 307. The minimum atomic E-state index is 0.0349. The molecule has 0 atom stereocenters. The molecule has 1 aliphatic rings. The van der Waals surface area contributed by atoms with E-state index in [1.54, 1.807) is 0 Å². The monoisotopic (exact) mass is 194 g/mol. The van der Waals surface area contributed by atoms with Gasteiger partial charge in [0.25, 0.3) is 0 Å². The number of hydrogen-bond donors (Lipinski definition) is 1. The molecule has 1 fully saturated rings. The molecule has 0 aliphatic heterocycles. The van der Waals surface area contributed by atoms with E-state index in [-0.39, 0.29) is 12.0 Å². The van der Waals surface area contributed by atoms with E-state index < -0.39 is 0 Å². The van der Waals surface area contributed by atoms with Crippen LogP contribution in [0.5, 0.6) is 0 Å². The first-order valence-corrected chi connectivity index (χ1v) is 5.33. The van der Waals surface area contributed by atoms with Crippen LogP contribution < -0.4 is 0 Å². The summed E-state index contributed by atoms with van der Waals surface area (Å²) in [6, 6.07) is 0.402. The molecule has 1 aliphatic carbocycles. The topological polar surface area (TPSA) is 38.0 Å². The Morgan fingerprint density at radius 3 is 2.64 bits per heavy atom. The molecule has 78 valence electrons. The normalized spacial score (nSPS) is 19.7. The Balaban J connectivity index is 2.23. The van der Waals surface area contributed by atoms with Crippen LogP contribution in [0.2, 0.25) is 0 Å². The van der Waals surface area contributed by atoms with Gasteiger partial charge in [-0.25, -0.2) is 0 Å². The Hall–Kier alpha value is -0.830. The zero-order valence-electron chi connectivity index (χ0n) is 8.90. The highest BCUT2D eigenvalue weighted by atomic mass is 16.3. The first kappa shape index (κ1) is 9.71. The molecular formula is C11H18N2O. The second-order valence-electron chi connectivity index (χ2n) is 4.59. The van der Waals surface area contributed by atoms with Crippen molar-refractivity contribution in [3.8, 4) is 0 Å². The number of nitrogens with zero attached hydrogens (tertiary/aromatic N) is 2. The van der Waals surface area contributed by atoms with E-state index in [1.165, 1.54) is 12.0 Å². The number of aromatic nitrogens is 2. The van der Waals surface area contributed by atoms with Gasteiger partial charge in [0, 0.05) is 17.7 Å². The largest absolute Gasteiger partial charge is 0.395 e. The van der Waals surface area contributed by atoms with Crippen LogP contribution in [0.25, 0.3) is 0 Å². The lowest BCUT2D eigenvalue weighted by molar-refractivity contribution is 0.120. The smallest absolute Gasteiger partial charge is 0.0529 e. The summed E-state index contributed by atoms with van der Waals surface area (Å²) in [5.41, 5.74) is 1.24. The molecule has 3 nitrogen and oxygen atoms in total. The molecule has 0 saturated heterocycles. The highest BCUT2D eigenvalue weighted by molar-refractivity contribution is 5.23. The van der Waals surface area contributed by atoms with Crippen molar-refractivity contribution in [2.24, 2.45) is 0 Å². The highest BCUT2D eigenvalue weighted by Crippen LogP contribution is 2.43. The number of rotatable bonds is 3. The number of aliphatic hydroxyl groups is 1. The quantitative estimate of drug-likeness (QED) is 0.797. The second-order valence-corrected chi connectivity index (χ2v) is 4.59. The van der Waals surface area contributed by atoms with Gasteiger partial charge in [-0.1, -0.05) is 6.42 Å². The fourth-order valence-electron chi connectivity index (χ4n) is 2.04. The van der Waals surface area contributed by atoms with Crippen LogP contribution in [0.4, 0.5) is 0 Å². The standard InChI is InChI=1S/C11H18N2O/c1-9(2)13-7-10(6-12-13)11(8-14)4-3-5-11/h6-7,9,14H,3-5,8H2,1-2H3. The van der Waals surface area contributed by atoms with Crippen molar-refractivity contribution in [1.29, 1.82) is 0 Å². The molecule has 0 amide bonds. The lowest BCUT2D eigenvalue weighted by atomic mass is 9.66. The zero-order chi connectivity index (χ0) is 10.2. The lowest BCUT2D eigenvalue weighted by Gasteiger charge is -2.39. The maximum absolute atomic E-state index is 9.40. The molecule has 1 saturated carbocycles. The van der Waals surface area contributed by atoms with Gasteiger partial charge in [-0.15, -0.1) is 0 Å². The van der Waals surface area contributed by atoms with Crippen molar-refractivity contribution in [1.82, 2.24) is 9.78 Å². The average Bonchev–Trinajstić information content (AvgIpc) is 2.52. The van der Waals surface area contributed by atoms with Gasteiger partial charge < -0.3 is 5.11 Å². The van der Waals surface area contributed by atoms with Gasteiger partial charge in [0.2, 0.25) is 0 Å². The van der Waals surface area contributed by atoms with Gasteiger partial charge in [-0.2, -0.15) is 5.10 Å². The fraction of sp³-hybridized carbons (Fsp3) is 0.727. The van der Waals surface area contributed by atoms with Crippen LogP contribution >= 0.6 is 0 Å². The third-order valence-corrected chi connectivity index (χ3v) is 3.36. The highest BCUT2D eigenvalue weighted by Gasteiger charge is 2.39. The second kappa shape index (κ2) is 3.39. The summed E-state index contributed by atoms with van der Waals surface area (Å²) >= 11 is 0. The molecule has 0 aromatic carbocycles. The van der Waals surface area contributed by atoms with E-state index >= 15 is 0 Å². The first-order valence-electron chi connectivity index (χ1n) is 5.33. The minimum Gasteiger partial charge on any atom is -0.395 e. The average molecular weight is 194 g/mol. The van der Waals surface area contributed by atoms with Crippen molar-refractivity contribution in [3.63, 3.8) is 0 Å². The first-order chi connectivity index (χ1) is 6.68. The van der Waals surface area contributed by atoms with Crippen LogP contribution in [0, 0.1) is 0 Å². The fourth-order valence-corrected chi connectivity index (χ4v) is 2.04. The van der Waals surface area contributed by atoms with E-state index in [4.69, 9.17) is 0 Å². The van der Waals surface area contributed by atoms with Crippen molar-refractivity contribution < 1.29 is 5.11 Å². The maximum Gasteiger partial charge on any atom is 0.0529 e. The van der Waals surface area contributed by atoms with Crippen LogP contribution in [0.15, 0.2) is 12.4 Å². The summed E-state index contributed by atoms with van der Waals surface area (Å²) in [6.45, 7) is 4.49. The van der Waals surface area contributed by atoms with Crippen molar-refractivity contribution >= 4 is 0 Å². The molecule has 1 aromatic rings. The minimum absolute atomic E-state index is 0.0349. The molecule has 0 bridgehead atoms. The number of aliphatic hydroxyl groups excluding tert-OH is 1. The van der Waals surface area contributed by atoms with Crippen molar-refractivity contribution in [3.05, 3.63) is 18.0 Å². The molecule has 0 radical (unpaired) electrons. The molecular weight excluding hydrogens is 176 g/mol. The zero-order valence-corrected chi connectivity index (χ0v) is 8.90. The van der Waals surface area contributed by atoms with Crippen LogP contribution in [-0.2, 0) is 5.41 Å². The molecule has 1 heterocycles. The third-order valence-electron chi connectivity index (χ3n) is 3.36. The van der Waals surface area contributed by atoms with E-state index in [2.05, 4.69) is 25.1 Å². The summed E-state index contributed by atoms with van der Waals surface area (Å²) in [4.78, 5) is 0. The van der Waals surface area contributed by atoms with Crippen molar-refractivity contribution in [2.45, 2.75) is 44.6 Å². The summed E-state index contributed by atoms with van der Waals surface area (Å²) in [5.74, 6) is 0. The van der Waals surface area contributed by atoms with E-state index in [0.29, 0.717) is 6.04 Å². The lowest BCUT2D eigenvalue weighted by Crippen LogP contribution is -2.37. The Kier molecular flexibility index (Phi) is 2.35. The van der Waals surface area contributed by atoms with Gasteiger partial charge in [-0.3, -0.25) is 4.68 Å². The summed E-state index contributed by atoms with van der Waals surface area (Å²) in [6.07, 6.45) is 7.43. The predicted molar refractivity (Wildman–Crippen MR) is 55.2 cm³/mol. The maximum atomic E-state index is 9.40. The molecule has 0 unspecified atom stereocenters. The molecule has 0 spiro atoms. The van der Waals surface area contributed by atoms with E-state index in [9.17, 15) is 5.11 Å². The van der Waals surface area contributed by atoms with Crippen LogP contribution in [0.1, 0.15) is 44.7 Å². The van der Waals surface area contributed by atoms with Gasteiger partial charge >= 0.3 is 0 Å². The van der Waals surface area contributed by atoms with Gasteiger partial charge in [-0.05, 0) is 32.3 Å². The summed E-state index contributed by atoms with van der Waals surface area (Å²) in [7, 11) is 0. The van der Waals surface area contributed by atoms with Gasteiger partial charge in [0.05, 0.1) is 12.8 Å². The van der Waals surface area contributed by atoms with Crippen LogP contribution in [0.3, 0.4) is 0 Å². The third kappa shape index (κ3) is 1.36. The molecule has 2 rings (SSSR count). The van der Waals surface area contributed by atoms with E-state index in [1.807, 2.05) is 10.9 Å². The van der Waals surface area contributed by atoms with Gasteiger partial charge in [0.1, 0.15) is 0 Å². The number of hydrogen-bond acceptors (Lipinski definition) is 2. The SMILES string of the molecule is CC(C)n1cc(C2(CO)CCC2)cn1. The summed E-state index contributed by atoms with van der Waals surface area (Å²) in [5, 5.41) is 13.7.